The van der Waals surface area contributed by atoms with Crippen molar-refractivity contribution in [1.82, 2.24) is 24.6 Å². The molecule has 2 fully saturated rings. The highest BCUT2D eigenvalue weighted by Gasteiger charge is 2.36. The van der Waals surface area contributed by atoms with Crippen LogP contribution in [-0.2, 0) is 7.05 Å². The Morgan fingerprint density at radius 3 is 2.71 bits per heavy atom. The largest absolute Gasteiger partial charge is 0.368 e. The molecule has 1 unspecified atom stereocenters. The number of carbonyl (C=O) groups is 1. The van der Waals surface area contributed by atoms with Crippen LogP contribution >= 0.6 is 0 Å². The lowest BCUT2D eigenvalue weighted by Crippen LogP contribution is -2.47. The average molecular weight is 292 g/mol. The van der Waals surface area contributed by atoms with E-state index in [1.165, 1.54) is 6.42 Å². The van der Waals surface area contributed by atoms with Crippen LogP contribution < -0.4 is 5.73 Å². The monoisotopic (exact) mass is 292 g/mol. The van der Waals surface area contributed by atoms with Gasteiger partial charge in [-0.1, -0.05) is 6.92 Å². The van der Waals surface area contributed by atoms with E-state index < -0.39 is 0 Å². The second kappa shape index (κ2) is 5.54. The van der Waals surface area contributed by atoms with Crippen molar-refractivity contribution in [3.63, 3.8) is 0 Å². The van der Waals surface area contributed by atoms with Gasteiger partial charge < -0.3 is 15.5 Å². The summed E-state index contributed by atoms with van der Waals surface area (Å²) in [5.74, 6) is 1.66. The number of rotatable bonds is 1. The molecule has 0 aromatic carbocycles. The predicted molar refractivity (Wildman–Crippen MR) is 79.5 cm³/mol. The van der Waals surface area contributed by atoms with Gasteiger partial charge in [-0.25, -0.2) is 9.48 Å². The van der Waals surface area contributed by atoms with Crippen LogP contribution in [0.1, 0.15) is 44.5 Å². The van der Waals surface area contributed by atoms with E-state index >= 15 is 0 Å². The summed E-state index contributed by atoms with van der Waals surface area (Å²) in [6.07, 6.45) is 4.22. The third-order valence-electron chi connectivity index (χ3n) is 4.54. The van der Waals surface area contributed by atoms with E-state index in [2.05, 4.69) is 17.0 Å². The number of amides is 2. The molecule has 3 heterocycles. The minimum atomic E-state index is -0.0294. The SMILES string of the molecule is CC1CCCN(C(=O)N2CCC[C@H]2c2nc(N)n(C)n2)C1. The minimum Gasteiger partial charge on any atom is -0.368 e. The van der Waals surface area contributed by atoms with Gasteiger partial charge in [0.2, 0.25) is 5.95 Å². The fourth-order valence-electron chi connectivity index (χ4n) is 3.37. The average Bonchev–Trinajstić information content (AvgIpc) is 3.05. The molecule has 21 heavy (non-hydrogen) atoms. The number of aryl methyl sites for hydroxylation is 1. The van der Waals surface area contributed by atoms with Gasteiger partial charge in [0, 0.05) is 26.7 Å². The van der Waals surface area contributed by atoms with Crippen LogP contribution in [0.15, 0.2) is 0 Å². The van der Waals surface area contributed by atoms with Crippen LogP contribution in [0.25, 0.3) is 0 Å². The number of aromatic nitrogens is 3. The summed E-state index contributed by atoms with van der Waals surface area (Å²) in [4.78, 5) is 21.0. The Balaban J connectivity index is 1.75. The maximum atomic E-state index is 12.8. The Morgan fingerprint density at radius 1 is 1.29 bits per heavy atom. The molecule has 0 spiro atoms. The zero-order chi connectivity index (χ0) is 15.0. The number of carbonyl (C=O) groups excluding carboxylic acids is 1. The third-order valence-corrected chi connectivity index (χ3v) is 4.54. The number of nitrogens with zero attached hydrogens (tertiary/aromatic N) is 5. The number of piperidine rings is 1. The molecule has 0 aliphatic carbocycles. The smallest absolute Gasteiger partial charge is 0.320 e. The van der Waals surface area contributed by atoms with Gasteiger partial charge in [-0.3, -0.25) is 0 Å². The quantitative estimate of drug-likeness (QED) is 0.848. The van der Waals surface area contributed by atoms with Crippen LogP contribution in [0.5, 0.6) is 0 Å². The van der Waals surface area contributed by atoms with Crippen molar-refractivity contribution in [2.24, 2.45) is 13.0 Å². The summed E-state index contributed by atoms with van der Waals surface area (Å²) in [6.45, 7) is 4.72. The second-order valence-electron chi connectivity index (χ2n) is 6.28. The van der Waals surface area contributed by atoms with Crippen molar-refractivity contribution < 1.29 is 4.79 Å². The van der Waals surface area contributed by atoms with Gasteiger partial charge in [-0.05, 0) is 31.6 Å². The van der Waals surface area contributed by atoms with Crippen molar-refractivity contribution in [3.05, 3.63) is 5.82 Å². The summed E-state index contributed by atoms with van der Waals surface area (Å²) in [5, 5.41) is 4.35. The van der Waals surface area contributed by atoms with E-state index in [0.717, 1.165) is 38.9 Å². The first-order valence-electron chi connectivity index (χ1n) is 7.78. The lowest BCUT2D eigenvalue weighted by atomic mass is 10.0. The van der Waals surface area contributed by atoms with Crippen LogP contribution in [-0.4, -0.2) is 50.2 Å². The zero-order valence-corrected chi connectivity index (χ0v) is 12.8. The van der Waals surface area contributed by atoms with E-state index in [4.69, 9.17) is 5.73 Å². The van der Waals surface area contributed by atoms with Crippen molar-refractivity contribution in [3.8, 4) is 0 Å². The van der Waals surface area contributed by atoms with Crippen molar-refractivity contribution in [2.45, 2.75) is 38.6 Å². The lowest BCUT2D eigenvalue weighted by molar-refractivity contribution is 0.126. The van der Waals surface area contributed by atoms with Crippen molar-refractivity contribution in [2.75, 3.05) is 25.4 Å². The number of nitrogen functional groups attached to an aromatic ring is 1. The van der Waals surface area contributed by atoms with Gasteiger partial charge in [-0.15, -0.1) is 0 Å². The van der Waals surface area contributed by atoms with Gasteiger partial charge in [-0.2, -0.15) is 10.1 Å². The van der Waals surface area contributed by atoms with E-state index in [9.17, 15) is 4.79 Å². The first-order valence-corrected chi connectivity index (χ1v) is 7.78. The predicted octanol–water partition coefficient (Wildman–Crippen LogP) is 1.39. The van der Waals surface area contributed by atoms with Crippen molar-refractivity contribution >= 4 is 12.0 Å². The Kier molecular flexibility index (Phi) is 3.73. The second-order valence-corrected chi connectivity index (χ2v) is 6.28. The highest BCUT2D eigenvalue weighted by atomic mass is 16.2. The van der Waals surface area contributed by atoms with Crippen LogP contribution in [0, 0.1) is 5.92 Å². The topological polar surface area (TPSA) is 80.3 Å². The van der Waals surface area contributed by atoms with E-state index in [0.29, 0.717) is 17.7 Å². The molecule has 2 aliphatic rings. The van der Waals surface area contributed by atoms with Gasteiger partial charge in [0.1, 0.15) is 0 Å². The van der Waals surface area contributed by atoms with E-state index in [1.807, 2.05) is 9.80 Å². The number of hydrogen-bond donors (Lipinski definition) is 1. The Hall–Kier alpha value is -1.79. The molecular weight excluding hydrogens is 268 g/mol. The normalized spacial score (nSPS) is 26.4. The Bertz CT molecular complexity index is 508. The fraction of sp³-hybridized carbons (Fsp3) is 0.786. The standard InChI is InChI=1S/C14H24N6O/c1-10-5-3-7-19(9-10)14(21)20-8-4-6-11(20)12-16-13(15)18(2)17-12/h10-11H,3-9H2,1-2H3,(H2,15,16,17)/t10?,11-/m0/s1. The van der Waals surface area contributed by atoms with E-state index in [1.54, 1.807) is 11.7 Å². The van der Waals surface area contributed by atoms with Crippen LogP contribution in [0.4, 0.5) is 10.7 Å². The summed E-state index contributed by atoms with van der Waals surface area (Å²) in [7, 11) is 1.78. The maximum absolute atomic E-state index is 12.8. The molecule has 2 amide bonds. The van der Waals surface area contributed by atoms with Gasteiger partial charge >= 0.3 is 6.03 Å². The van der Waals surface area contributed by atoms with Crippen LogP contribution in [0.3, 0.4) is 0 Å². The molecular formula is C14H24N6O. The molecule has 0 radical (unpaired) electrons. The fourth-order valence-corrected chi connectivity index (χ4v) is 3.37. The molecule has 3 rings (SSSR count). The molecule has 2 N–H and O–H groups in total. The molecule has 2 saturated heterocycles. The summed E-state index contributed by atoms with van der Waals surface area (Å²) in [5.41, 5.74) is 5.77. The number of anilines is 1. The lowest BCUT2D eigenvalue weighted by Gasteiger charge is -2.35. The van der Waals surface area contributed by atoms with Crippen molar-refractivity contribution in [1.29, 1.82) is 0 Å². The maximum Gasteiger partial charge on any atom is 0.320 e. The van der Waals surface area contributed by atoms with Crippen LogP contribution in [0.2, 0.25) is 0 Å². The molecule has 1 aromatic heterocycles. The number of nitrogens with two attached hydrogens (primary N) is 1. The third kappa shape index (κ3) is 2.69. The highest BCUT2D eigenvalue weighted by molar-refractivity contribution is 5.75. The first kappa shape index (κ1) is 14.2. The number of likely N-dealkylation sites (tertiary alicyclic amines) is 2. The molecule has 2 aliphatic heterocycles. The molecule has 0 bridgehead atoms. The Labute approximate surface area is 125 Å². The van der Waals surface area contributed by atoms with Gasteiger partial charge in [0.25, 0.3) is 0 Å². The molecule has 7 heteroatoms. The minimum absolute atomic E-state index is 0.0294. The van der Waals surface area contributed by atoms with Gasteiger partial charge in [0.05, 0.1) is 6.04 Å². The molecule has 116 valence electrons. The highest BCUT2D eigenvalue weighted by Crippen LogP contribution is 2.32. The molecule has 0 saturated carbocycles. The van der Waals surface area contributed by atoms with Gasteiger partial charge in [0.15, 0.2) is 5.82 Å². The molecule has 1 aromatic rings. The van der Waals surface area contributed by atoms with E-state index in [-0.39, 0.29) is 12.1 Å². The summed E-state index contributed by atoms with van der Waals surface area (Å²) >= 11 is 0. The first-order chi connectivity index (χ1) is 10.1. The Morgan fingerprint density at radius 2 is 2.05 bits per heavy atom. The number of urea groups is 1. The summed E-state index contributed by atoms with van der Waals surface area (Å²) < 4.78 is 1.57. The summed E-state index contributed by atoms with van der Waals surface area (Å²) in [6, 6.07) is 0.105. The molecule has 7 nitrogen and oxygen atoms in total. The zero-order valence-electron chi connectivity index (χ0n) is 12.8. The molecule has 2 atom stereocenters. The number of hydrogen-bond acceptors (Lipinski definition) is 4.